The maximum absolute atomic E-state index is 12.0. The molecule has 1 aromatic rings. The average Bonchev–Trinajstić information content (AvgIpc) is 2.48. The Morgan fingerprint density at radius 2 is 2.09 bits per heavy atom. The molecular weight excluding hydrogens is 324 g/mol. The van der Waals surface area contributed by atoms with Gasteiger partial charge in [0.15, 0.2) is 0 Å². The number of hydrogen-bond acceptors (Lipinski definition) is 5. The fourth-order valence-corrected chi connectivity index (χ4v) is 2.48. The molecule has 0 spiro atoms. The van der Waals surface area contributed by atoms with Crippen LogP contribution in [0, 0.1) is 15.5 Å². The molecule has 0 aliphatic carbocycles. The van der Waals surface area contributed by atoms with E-state index in [0.717, 1.165) is 48.8 Å². The normalized spacial score (nSPS) is 16.2. The molecule has 1 aliphatic heterocycles. The predicted molar refractivity (Wildman–Crippen MR) is 87.8 cm³/mol. The number of aromatic nitrogens is 1. The number of nitrogens with one attached hydrogen (secondary N) is 2. The quantitative estimate of drug-likeness (QED) is 0.603. The van der Waals surface area contributed by atoms with Crippen LogP contribution in [0.1, 0.15) is 19.8 Å². The van der Waals surface area contributed by atoms with Gasteiger partial charge in [-0.1, -0.05) is 6.92 Å². The van der Waals surface area contributed by atoms with Gasteiger partial charge in [0.2, 0.25) is 5.91 Å². The highest BCUT2D eigenvalue weighted by molar-refractivity contribution is 5.85. The lowest BCUT2D eigenvalue weighted by Gasteiger charge is -2.34. The summed E-state index contributed by atoms with van der Waals surface area (Å²) < 4.78 is 1.05. The van der Waals surface area contributed by atoms with Crippen LogP contribution in [0.2, 0.25) is 0 Å². The second-order valence-electron chi connectivity index (χ2n) is 5.95. The lowest BCUT2D eigenvalue weighted by molar-refractivity contribution is -0.385. The maximum atomic E-state index is 12.0. The van der Waals surface area contributed by atoms with Crippen LogP contribution in [-0.4, -0.2) is 35.0 Å². The van der Waals surface area contributed by atoms with Gasteiger partial charge in [-0.2, -0.15) is 0 Å². The Morgan fingerprint density at radius 1 is 1.43 bits per heavy atom. The van der Waals surface area contributed by atoms with Gasteiger partial charge in [-0.25, -0.2) is 0 Å². The van der Waals surface area contributed by atoms with Gasteiger partial charge in [-0.15, -0.1) is 12.4 Å². The summed E-state index contributed by atoms with van der Waals surface area (Å²) in [4.78, 5) is 33.7. The van der Waals surface area contributed by atoms with E-state index in [4.69, 9.17) is 0 Å². The van der Waals surface area contributed by atoms with Crippen molar-refractivity contribution in [3.63, 3.8) is 0 Å². The molecular formula is C14H21ClN4O4. The van der Waals surface area contributed by atoms with E-state index >= 15 is 0 Å². The van der Waals surface area contributed by atoms with Gasteiger partial charge in [0.1, 0.15) is 6.54 Å². The third-order valence-electron chi connectivity index (χ3n) is 4.02. The zero-order valence-electron chi connectivity index (χ0n) is 12.9. The van der Waals surface area contributed by atoms with E-state index in [1.54, 1.807) is 0 Å². The molecule has 0 radical (unpaired) electrons. The van der Waals surface area contributed by atoms with E-state index in [2.05, 4.69) is 17.6 Å². The van der Waals surface area contributed by atoms with Crippen molar-refractivity contribution in [1.82, 2.24) is 15.2 Å². The number of nitro groups is 1. The molecule has 2 N–H and O–H groups in total. The molecule has 0 atom stereocenters. The zero-order chi connectivity index (χ0) is 16.2. The standard InChI is InChI=1S/C14H20N4O4.ClH/c1-14(4-6-15-7-5-14)10-16-12(19)9-17-8-11(18(21)22)2-3-13(17)20;/h2-3,8,15H,4-7,9-10H2,1H3,(H,16,19);1H. The van der Waals surface area contributed by atoms with Crippen molar-refractivity contribution < 1.29 is 9.72 Å². The largest absolute Gasteiger partial charge is 0.354 e. The number of hydrogen-bond donors (Lipinski definition) is 2. The van der Waals surface area contributed by atoms with Crippen LogP contribution in [0.4, 0.5) is 5.69 Å². The summed E-state index contributed by atoms with van der Waals surface area (Å²) in [5.74, 6) is -0.317. The fraction of sp³-hybridized carbons (Fsp3) is 0.571. The van der Waals surface area contributed by atoms with Crippen molar-refractivity contribution in [3.05, 3.63) is 38.8 Å². The summed E-state index contributed by atoms with van der Waals surface area (Å²) >= 11 is 0. The van der Waals surface area contributed by atoms with Crippen LogP contribution in [0.5, 0.6) is 0 Å². The van der Waals surface area contributed by atoms with Gasteiger partial charge in [-0.05, 0) is 31.3 Å². The van der Waals surface area contributed by atoms with Gasteiger partial charge < -0.3 is 10.6 Å². The van der Waals surface area contributed by atoms with Gasteiger partial charge in [0, 0.05) is 18.7 Å². The summed E-state index contributed by atoms with van der Waals surface area (Å²) in [5.41, 5.74) is -0.597. The van der Waals surface area contributed by atoms with Crippen LogP contribution in [0.15, 0.2) is 23.1 Å². The van der Waals surface area contributed by atoms with Crippen LogP contribution < -0.4 is 16.2 Å². The van der Waals surface area contributed by atoms with Crippen molar-refractivity contribution in [2.75, 3.05) is 19.6 Å². The molecule has 8 nitrogen and oxygen atoms in total. The number of rotatable bonds is 5. The average molecular weight is 345 g/mol. The van der Waals surface area contributed by atoms with E-state index in [0.29, 0.717) is 6.54 Å². The number of amides is 1. The molecule has 2 rings (SSSR count). The molecule has 2 heterocycles. The first-order chi connectivity index (χ1) is 10.4. The van der Waals surface area contributed by atoms with E-state index < -0.39 is 10.5 Å². The molecule has 1 aliphatic rings. The first-order valence-electron chi connectivity index (χ1n) is 7.22. The van der Waals surface area contributed by atoms with Crippen LogP contribution >= 0.6 is 12.4 Å². The Balaban J connectivity index is 0.00000264. The molecule has 1 amide bonds. The first-order valence-corrected chi connectivity index (χ1v) is 7.22. The minimum absolute atomic E-state index is 0. The Hall–Kier alpha value is -1.93. The minimum atomic E-state index is -0.593. The van der Waals surface area contributed by atoms with Gasteiger partial charge in [0.05, 0.1) is 11.1 Å². The van der Waals surface area contributed by atoms with E-state index in [-0.39, 0.29) is 36.0 Å². The smallest absolute Gasteiger partial charge is 0.285 e. The van der Waals surface area contributed by atoms with Crippen LogP contribution in [-0.2, 0) is 11.3 Å². The molecule has 0 saturated carbocycles. The lowest BCUT2D eigenvalue weighted by atomic mass is 9.81. The molecule has 9 heteroatoms. The van der Waals surface area contributed by atoms with E-state index in [1.165, 1.54) is 0 Å². The molecule has 0 bridgehead atoms. The number of nitrogens with zero attached hydrogens (tertiary/aromatic N) is 2. The third-order valence-corrected chi connectivity index (χ3v) is 4.02. The Kier molecular flexibility index (Phi) is 6.71. The highest BCUT2D eigenvalue weighted by Crippen LogP contribution is 2.26. The molecule has 1 aromatic heterocycles. The number of carbonyl (C=O) groups excluding carboxylic acids is 1. The summed E-state index contributed by atoms with van der Waals surface area (Å²) in [5, 5.41) is 16.8. The van der Waals surface area contributed by atoms with E-state index in [9.17, 15) is 19.7 Å². The molecule has 1 saturated heterocycles. The third kappa shape index (κ3) is 5.33. The monoisotopic (exact) mass is 344 g/mol. The van der Waals surface area contributed by atoms with Crippen molar-refractivity contribution in [2.45, 2.75) is 26.3 Å². The highest BCUT2D eigenvalue weighted by atomic mass is 35.5. The number of carbonyl (C=O) groups is 1. The molecule has 23 heavy (non-hydrogen) atoms. The summed E-state index contributed by atoms with van der Waals surface area (Å²) in [6, 6.07) is 2.23. The first kappa shape index (κ1) is 19.1. The molecule has 0 aromatic carbocycles. The maximum Gasteiger partial charge on any atom is 0.285 e. The Bertz CT molecular complexity index is 625. The SMILES string of the molecule is CC1(CNC(=O)Cn2cc([N+](=O)[O-])ccc2=O)CCNCC1.Cl. The van der Waals surface area contributed by atoms with Crippen molar-refractivity contribution in [3.8, 4) is 0 Å². The predicted octanol–water partition coefficient (Wildman–Crippen LogP) is 0.684. The minimum Gasteiger partial charge on any atom is -0.354 e. The van der Waals surface area contributed by atoms with Crippen LogP contribution in [0.3, 0.4) is 0 Å². The molecule has 128 valence electrons. The fourth-order valence-electron chi connectivity index (χ4n) is 2.48. The van der Waals surface area contributed by atoms with Crippen molar-refractivity contribution in [1.29, 1.82) is 0 Å². The van der Waals surface area contributed by atoms with Gasteiger partial charge >= 0.3 is 0 Å². The molecule has 1 fully saturated rings. The second-order valence-corrected chi connectivity index (χ2v) is 5.95. The zero-order valence-corrected chi connectivity index (χ0v) is 13.7. The second kappa shape index (κ2) is 8.07. The summed E-state index contributed by atoms with van der Waals surface area (Å²) in [6.07, 6.45) is 3.04. The van der Waals surface area contributed by atoms with Crippen LogP contribution in [0.25, 0.3) is 0 Å². The van der Waals surface area contributed by atoms with Crippen molar-refractivity contribution >= 4 is 24.0 Å². The Labute approximate surface area is 139 Å². The lowest BCUT2D eigenvalue weighted by Crippen LogP contribution is -2.44. The molecule has 0 unspecified atom stereocenters. The summed E-state index contributed by atoms with van der Waals surface area (Å²) in [6.45, 7) is 4.30. The van der Waals surface area contributed by atoms with E-state index in [1.807, 2.05) is 0 Å². The summed E-state index contributed by atoms with van der Waals surface area (Å²) in [7, 11) is 0. The number of pyridine rings is 1. The van der Waals surface area contributed by atoms with Crippen molar-refractivity contribution in [2.24, 2.45) is 5.41 Å². The number of halogens is 1. The van der Waals surface area contributed by atoms with Gasteiger partial charge in [-0.3, -0.25) is 24.3 Å². The number of piperidine rings is 1. The van der Waals surface area contributed by atoms with Gasteiger partial charge in [0.25, 0.3) is 11.2 Å². The highest BCUT2D eigenvalue weighted by Gasteiger charge is 2.27. The topological polar surface area (TPSA) is 106 Å². The Morgan fingerprint density at radius 3 is 2.70 bits per heavy atom.